The van der Waals surface area contributed by atoms with Crippen LogP contribution in [0.4, 0.5) is 5.82 Å². The summed E-state index contributed by atoms with van der Waals surface area (Å²) in [7, 11) is 0. The van der Waals surface area contributed by atoms with Gasteiger partial charge >= 0.3 is 0 Å². The van der Waals surface area contributed by atoms with E-state index < -0.39 is 0 Å². The minimum Gasteiger partial charge on any atom is -0.383 e. The van der Waals surface area contributed by atoms with Crippen LogP contribution in [0.3, 0.4) is 0 Å². The molecule has 3 nitrogen and oxygen atoms in total. The SMILES string of the molecule is CCCc1nc(N)c2ccc(Br)cc2n1. The van der Waals surface area contributed by atoms with Gasteiger partial charge in [-0.15, -0.1) is 0 Å². The number of nitrogens with two attached hydrogens (primary N) is 1. The molecule has 2 aromatic rings. The Morgan fingerprint density at radius 3 is 2.87 bits per heavy atom. The van der Waals surface area contributed by atoms with E-state index >= 15 is 0 Å². The fourth-order valence-corrected chi connectivity index (χ4v) is 1.86. The van der Waals surface area contributed by atoms with E-state index in [1.165, 1.54) is 0 Å². The molecule has 0 aliphatic heterocycles. The molecule has 0 saturated carbocycles. The number of nitrogens with zero attached hydrogens (tertiary/aromatic N) is 2. The van der Waals surface area contributed by atoms with Crippen LogP contribution in [0.5, 0.6) is 0 Å². The Morgan fingerprint density at radius 2 is 2.13 bits per heavy atom. The van der Waals surface area contributed by atoms with Gasteiger partial charge in [0.05, 0.1) is 5.52 Å². The lowest BCUT2D eigenvalue weighted by molar-refractivity contribution is 0.847. The maximum absolute atomic E-state index is 5.87. The summed E-state index contributed by atoms with van der Waals surface area (Å²) in [6, 6.07) is 5.85. The van der Waals surface area contributed by atoms with Gasteiger partial charge in [-0.2, -0.15) is 0 Å². The lowest BCUT2D eigenvalue weighted by atomic mass is 10.2. The van der Waals surface area contributed by atoms with Crippen molar-refractivity contribution < 1.29 is 0 Å². The van der Waals surface area contributed by atoms with E-state index in [-0.39, 0.29) is 0 Å². The molecule has 0 aliphatic rings. The molecule has 0 unspecified atom stereocenters. The van der Waals surface area contributed by atoms with Crippen LogP contribution in [-0.4, -0.2) is 9.97 Å². The molecule has 0 atom stereocenters. The number of nitrogen functional groups attached to an aromatic ring is 1. The smallest absolute Gasteiger partial charge is 0.135 e. The molecule has 4 heteroatoms. The van der Waals surface area contributed by atoms with Crippen molar-refractivity contribution in [3.63, 3.8) is 0 Å². The van der Waals surface area contributed by atoms with Crippen LogP contribution in [0.15, 0.2) is 22.7 Å². The Kier molecular flexibility index (Phi) is 2.86. The zero-order valence-electron chi connectivity index (χ0n) is 8.50. The van der Waals surface area contributed by atoms with Gasteiger partial charge in [0, 0.05) is 16.3 Å². The predicted molar refractivity (Wildman–Crippen MR) is 65.6 cm³/mol. The van der Waals surface area contributed by atoms with E-state index in [1.807, 2.05) is 18.2 Å². The average molecular weight is 266 g/mol. The van der Waals surface area contributed by atoms with Crippen molar-refractivity contribution in [1.29, 1.82) is 0 Å². The van der Waals surface area contributed by atoms with Crippen LogP contribution in [-0.2, 0) is 6.42 Å². The summed E-state index contributed by atoms with van der Waals surface area (Å²) in [5, 5.41) is 0.915. The van der Waals surface area contributed by atoms with Gasteiger partial charge in [0.15, 0.2) is 0 Å². The second kappa shape index (κ2) is 4.14. The normalized spacial score (nSPS) is 10.8. The maximum Gasteiger partial charge on any atom is 0.135 e. The summed E-state index contributed by atoms with van der Waals surface area (Å²) in [5.74, 6) is 1.39. The molecule has 1 aromatic heterocycles. The number of hydrogen-bond acceptors (Lipinski definition) is 3. The topological polar surface area (TPSA) is 51.8 Å². The molecule has 1 aromatic carbocycles. The predicted octanol–water partition coefficient (Wildman–Crippen LogP) is 2.93. The Balaban J connectivity index is 2.63. The molecule has 0 fully saturated rings. The lowest BCUT2D eigenvalue weighted by Crippen LogP contribution is -2.00. The highest BCUT2D eigenvalue weighted by Crippen LogP contribution is 2.22. The Bertz CT molecular complexity index is 496. The van der Waals surface area contributed by atoms with Crippen molar-refractivity contribution in [2.45, 2.75) is 19.8 Å². The van der Waals surface area contributed by atoms with E-state index in [2.05, 4.69) is 32.8 Å². The summed E-state index contributed by atoms with van der Waals surface area (Å²) in [4.78, 5) is 8.74. The molecule has 0 saturated heterocycles. The summed E-state index contributed by atoms with van der Waals surface area (Å²) >= 11 is 3.42. The van der Waals surface area contributed by atoms with E-state index in [4.69, 9.17) is 5.73 Å². The molecule has 0 spiro atoms. The number of benzene rings is 1. The van der Waals surface area contributed by atoms with Crippen molar-refractivity contribution in [3.8, 4) is 0 Å². The molecular weight excluding hydrogens is 254 g/mol. The van der Waals surface area contributed by atoms with Crippen molar-refractivity contribution >= 4 is 32.7 Å². The molecule has 15 heavy (non-hydrogen) atoms. The van der Waals surface area contributed by atoms with Gasteiger partial charge in [0.1, 0.15) is 11.6 Å². The number of anilines is 1. The molecule has 0 radical (unpaired) electrons. The third kappa shape index (κ3) is 2.09. The van der Waals surface area contributed by atoms with Gasteiger partial charge in [-0.05, 0) is 24.6 Å². The number of aromatic nitrogens is 2. The molecule has 0 aliphatic carbocycles. The second-order valence-corrected chi connectivity index (χ2v) is 4.35. The first-order valence-corrected chi connectivity index (χ1v) is 5.71. The van der Waals surface area contributed by atoms with Gasteiger partial charge in [-0.25, -0.2) is 9.97 Å². The monoisotopic (exact) mass is 265 g/mol. The third-order valence-electron chi connectivity index (χ3n) is 2.21. The fraction of sp³-hybridized carbons (Fsp3) is 0.273. The van der Waals surface area contributed by atoms with Gasteiger partial charge in [0.2, 0.25) is 0 Å². The summed E-state index contributed by atoms with van der Waals surface area (Å²) in [5.41, 5.74) is 6.77. The second-order valence-electron chi connectivity index (χ2n) is 3.44. The number of halogens is 1. The van der Waals surface area contributed by atoms with E-state index in [9.17, 15) is 0 Å². The standard InChI is InChI=1S/C11H12BrN3/c1-2-3-10-14-9-6-7(12)4-5-8(9)11(13)15-10/h4-6H,2-3H2,1H3,(H2,13,14,15). The lowest BCUT2D eigenvalue weighted by Gasteiger charge is -2.04. The van der Waals surface area contributed by atoms with Crippen LogP contribution >= 0.6 is 15.9 Å². The van der Waals surface area contributed by atoms with Crippen molar-refractivity contribution in [1.82, 2.24) is 9.97 Å². The third-order valence-corrected chi connectivity index (χ3v) is 2.70. The highest BCUT2D eigenvalue weighted by molar-refractivity contribution is 9.10. The Morgan fingerprint density at radius 1 is 1.33 bits per heavy atom. The Hall–Kier alpha value is -1.16. The van der Waals surface area contributed by atoms with Crippen molar-refractivity contribution in [2.75, 3.05) is 5.73 Å². The van der Waals surface area contributed by atoms with E-state index in [0.29, 0.717) is 5.82 Å². The van der Waals surface area contributed by atoms with Gasteiger partial charge in [-0.3, -0.25) is 0 Å². The van der Waals surface area contributed by atoms with E-state index in [1.54, 1.807) is 0 Å². The van der Waals surface area contributed by atoms with Crippen LogP contribution in [0, 0.1) is 0 Å². The number of rotatable bonds is 2. The maximum atomic E-state index is 5.87. The molecule has 78 valence electrons. The minimum atomic E-state index is 0.566. The number of hydrogen-bond donors (Lipinski definition) is 1. The molecule has 1 heterocycles. The van der Waals surface area contributed by atoms with Crippen LogP contribution in [0.2, 0.25) is 0 Å². The molecule has 2 rings (SSSR count). The van der Waals surface area contributed by atoms with Gasteiger partial charge < -0.3 is 5.73 Å². The van der Waals surface area contributed by atoms with Gasteiger partial charge in [-0.1, -0.05) is 22.9 Å². The summed E-state index contributed by atoms with van der Waals surface area (Å²) in [6.45, 7) is 2.10. The summed E-state index contributed by atoms with van der Waals surface area (Å²) < 4.78 is 1.01. The molecular formula is C11H12BrN3. The molecule has 2 N–H and O–H groups in total. The van der Waals surface area contributed by atoms with Crippen LogP contribution in [0.1, 0.15) is 19.2 Å². The zero-order chi connectivity index (χ0) is 10.8. The first-order valence-electron chi connectivity index (χ1n) is 4.92. The van der Waals surface area contributed by atoms with Gasteiger partial charge in [0.25, 0.3) is 0 Å². The highest BCUT2D eigenvalue weighted by Gasteiger charge is 2.04. The number of fused-ring (bicyclic) bond motifs is 1. The largest absolute Gasteiger partial charge is 0.383 e. The van der Waals surface area contributed by atoms with Crippen LogP contribution in [0.25, 0.3) is 10.9 Å². The highest BCUT2D eigenvalue weighted by atomic mass is 79.9. The van der Waals surface area contributed by atoms with Crippen molar-refractivity contribution in [3.05, 3.63) is 28.5 Å². The Labute approximate surface area is 96.9 Å². The van der Waals surface area contributed by atoms with Crippen LogP contribution < -0.4 is 5.73 Å². The first-order chi connectivity index (χ1) is 7.20. The molecule has 0 amide bonds. The quantitative estimate of drug-likeness (QED) is 0.909. The van der Waals surface area contributed by atoms with E-state index in [0.717, 1.165) is 34.0 Å². The summed E-state index contributed by atoms with van der Waals surface area (Å²) in [6.07, 6.45) is 1.89. The minimum absolute atomic E-state index is 0.566. The zero-order valence-corrected chi connectivity index (χ0v) is 10.1. The fourth-order valence-electron chi connectivity index (χ4n) is 1.51. The molecule has 0 bridgehead atoms. The van der Waals surface area contributed by atoms with Crippen molar-refractivity contribution in [2.24, 2.45) is 0 Å². The first kappa shape index (κ1) is 10.4. The average Bonchev–Trinajstić information content (AvgIpc) is 2.17. The number of aryl methyl sites for hydroxylation is 1.